The number of hydrogen-bond donors (Lipinski definition) is 0. The molecule has 1 saturated heterocycles. The molecule has 0 unspecified atom stereocenters. The molecule has 1 amide bonds. The van der Waals surface area contributed by atoms with Crippen LogP contribution in [0.2, 0.25) is 0 Å². The molecule has 0 radical (unpaired) electrons. The molecule has 1 atom stereocenters. The van der Waals surface area contributed by atoms with Crippen LogP contribution in [0.1, 0.15) is 52.2 Å². The molecule has 1 aliphatic heterocycles. The summed E-state index contributed by atoms with van der Waals surface area (Å²) < 4.78 is 2.20. The molecule has 0 N–H and O–H groups in total. The maximum Gasteiger partial charge on any atom is 0.253 e. The molecule has 1 aromatic heterocycles. The number of hydrogen-bond acceptors (Lipinski definition) is 4. The van der Waals surface area contributed by atoms with Gasteiger partial charge in [-0.2, -0.15) is 0 Å². The van der Waals surface area contributed by atoms with Gasteiger partial charge in [0.05, 0.1) is 0 Å². The normalized spacial score (nSPS) is 17.3. The van der Waals surface area contributed by atoms with E-state index in [1.54, 1.807) is 24.3 Å². The zero-order chi connectivity index (χ0) is 19.4. The van der Waals surface area contributed by atoms with Crippen molar-refractivity contribution in [2.75, 3.05) is 33.7 Å². The molecule has 1 fully saturated rings. The maximum absolute atomic E-state index is 13.0. The predicted molar refractivity (Wildman–Crippen MR) is 105 cm³/mol. The van der Waals surface area contributed by atoms with Gasteiger partial charge >= 0.3 is 0 Å². The SMILES string of the molecule is CC(=O)c1cccc(C(=O)N2CCC[C@H](c3nccn3CCN(C)C)C2)c1. The van der Waals surface area contributed by atoms with Crippen LogP contribution in [0, 0.1) is 0 Å². The van der Waals surface area contributed by atoms with Gasteiger partial charge in [-0.25, -0.2) is 4.98 Å². The number of Topliss-reactive ketones (excluding diaryl/α,β-unsaturated/α-hetero) is 1. The molecular formula is C21H28N4O2. The lowest BCUT2D eigenvalue weighted by atomic mass is 9.96. The molecule has 144 valence electrons. The Hall–Kier alpha value is -2.47. The molecule has 2 heterocycles. The molecule has 1 aliphatic rings. The summed E-state index contributed by atoms with van der Waals surface area (Å²) in [4.78, 5) is 33.2. The first-order valence-electron chi connectivity index (χ1n) is 9.51. The van der Waals surface area contributed by atoms with Gasteiger partial charge in [-0.1, -0.05) is 12.1 Å². The first-order valence-corrected chi connectivity index (χ1v) is 9.51. The van der Waals surface area contributed by atoms with E-state index in [1.807, 2.05) is 17.3 Å². The number of benzene rings is 1. The topological polar surface area (TPSA) is 58.4 Å². The number of imidazole rings is 1. The lowest BCUT2D eigenvalue weighted by Crippen LogP contribution is -2.40. The second kappa shape index (κ2) is 8.48. The number of carbonyl (C=O) groups is 2. The van der Waals surface area contributed by atoms with Crippen LogP contribution in [0.25, 0.3) is 0 Å². The molecule has 2 aromatic rings. The van der Waals surface area contributed by atoms with Crippen molar-refractivity contribution in [2.45, 2.75) is 32.2 Å². The molecule has 0 spiro atoms. The van der Waals surface area contributed by atoms with Gasteiger partial charge in [0.25, 0.3) is 5.91 Å². The van der Waals surface area contributed by atoms with E-state index < -0.39 is 0 Å². The standard InChI is InChI=1S/C21H28N4O2/c1-16(26)17-6-4-7-18(14-17)21(27)25-10-5-8-19(15-25)20-22-9-11-24(20)13-12-23(2)3/h4,6-7,9,11,14,19H,5,8,10,12-13,15H2,1-3H3/t19-/m0/s1. The van der Waals surface area contributed by atoms with Crippen molar-refractivity contribution in [3.05, 3.63) is 53.6 Å². The summed E-state index contributed by atoms with van der Waals surface area (Å²) in [6.07, 6.45) is 5.87. The molecule has 0 aliphatic carbocycles. The number of piperidine rings is 1. The van der Waals surface area contributed by atoms with Gasteiger partial charge in [-0.05, 0) is 46.0 Å². The molecule has 27 heavy (non-hydrogen) atoms. The lowest BCUT2D eigenvalue weighted by Gasteiger charge is -2.33. The molecule has 0 saturated carbocycles. The fraction of sp³-hybridized carbons (Fsp3) is 0.476. The minimum atomic E-state index is -0.0240. The van der Waals surface area contributed by atoms with E-state index in [0.29, 0.717) is 17.7 Å². The van der Waals surface area contributed by atoms with E-state index in [-0.39, 0.29) is 17.6 Å². The Morgan fingerprint density at radius 3 is 2.78 bits per heavy atom. The maximum atomic E-state index is 13.0. The third kappa shape index (κ3) is 4.63. The number of likely N-dealkylation sites (tertiary alicyclic amines) is 1. The summed E-state index contributed by atoms with van der Waals surface area (Å²) in [6, 6.07) is 7.02. The Kier molecular flexibility index (Phi) is 6.06. The highest BCUT2D eigenvalue weighted by Gasteiger charge is 2.28. The first-order chi connectivity index (χ1) is 13.0. The monoisotopic (exact) mass is 368 g/mol. The van der Waals surface area contributed by atoms with E-state index in [9.17, 15) is 9.59 Å². The van der Waals surface area contributed by atoms with Crippen LogP contribution in [0.3, 0.4) is 0 Å². The lowest BCUT2D eigenvalue weighted by molar-refractivity contribution is 0.0703. The Balaban J connectivity index is 1.73. The van der Waals surface area contributed by atoms with Crippen molar-refractivity contribution in [3.8, 4) is 0 Å². The quantitative estimate of drug-likeness (QED) is 0.736. The van der Waals surface area contributed by atoms with Gasteiger partial charge in [-0.15, -0.1) is 0 Å². The van der Waals surface area contributed by atoms with Crippen molar-refractivity contribution in [1.29, 1.82) is 0 Å². The van der Waals surface area contributed by atoms with E-state index in [1.165, 1.54) is 6.92 Å². The zero-order valence-electron chi connectivity index (χ0n) is 16.4. The van der Waals surface area contributed by atoms with Gasteiger partial charge in [0.2, 0.25) is 0 Å². The van der Waals surface area contributed by atoms with Crippen molar-refractivity contribution in [2.24, 2.45) is 0 Å². The first kappa shape index (κ1) is 19.3. The van der Waals surface area contributed by atoms with E-state index in [0.717, 1.165) is 38.3 Å². The van der Waals surface area contributed by atoms with Gasteiger partial charge in [-0.3, -0.25) is 9.59 Å². The number of rotatable bonds is 6. The largest absolute Gasteiger partial charge is 0.338 e. The summed E-state index contributed by atoms with van der Waals surface area (Å²) in [5, 5.41) is 0. The number of likely N-dealkylation sites (N-methyl/N-ethyl adjacent to an activating group) is 1. The van der Waals surface area contributed by atoms with Crippen LogP contribution in [-0.4, -0.2) is 64.8 Å². The van der Waals surface area contributed by atoms with Gasteiger partial charge in [0.1, 0.15) is 5.82 Å². The van der Waals surface area contributed by atoms with Crippen molar-refractivity contribution in [1.82, 2.24) is 19.4 Å². The summed E-state index contributed by atoms with van der Waals surface area (Å²) in [7, 11) is 4.12. The zero-order valence-corrected chi connectivity index (χ0v) is 16.4. The van der Waals surface area contributed by atoms with Gasteiger partial charge < -0.3 is 14.4 Å². The fourth-order valence-corrected chi connectivity index (χ4v) is 3.60. The molecule has 6 heteroatoms. The number of carbonyl (C=O) groups excluding carboxylic acids is 2. The number of ketones is 1. The fourth-order valence-electron chi connectivity index (χ4n) is 3.60. The smallest absolute Gasteiger partial charge is 0.253 e. The van der Waals surface area contributed by atoms with Gasteiger partial charge in [0.15, 0.2) is 5.78 Å². The van der Waals surface area contributed by atoms with Crippen LogP contribution >= 0.6 is 0 Å². The van der Waals surface area contributed by atoms with Crippen molar-refractivity contribution in [3.63, 3.8) is 0 Å². The van der Waals surface area contributed by atoms with Crippen LogP contribution in [0.5, 0.6) is 0 Å². The minimum absolute atomic E-state index is 0.00537. The number of aromatic nitrogens is 2. The number of nitrogens with zero attached hydrogens (tertiary/aromatic N) is 4. The highest BCUT2D eigenvalue weighted by molar-refractivity contribution is 5.99. The van der Waals surface area contributed by atoms with E-state index in [2.05, 4.69) is 28.5 Å². The highest BCUT2D eigenvalue weighted by atomic mass is 16.2. The summed E-state index contributed by atoms with van der Waals surface area (Å²) in [5.74, 6) is 1.28. The van der Waals surface area contributed by atoms with Crippen molar-refractivity contribution < 1.29 is 9.59 Å². The molecule has 1 aromatic carbocycles. The molecule has 3 rings (SSSR count). The summed E-state index contributed by atoms with van der Waals surface area (Å²) >= 11 is 0. The summed E-state index contributed by atoms with van der Waals surface area (Å²) in [5.41, 5.74) is 1.16. The number of amides is 1. The average Bonchev–Trinajstić information content (AvgIpc) is 3.14. The Morgan fingerprint density at radius 1 is 1.26 bits per heavy atom. The Morgan fingerprint density at radius 2 is 2.04 bits per heavy atom. The second-order valence-electron chi connectivity index (χ2n) is 7.51. The highest BCUT2D eigenvalue weighted by Crippen LogP contribution is 2.27. The Labute approximate surface area is 160 Å². The van der Waals surface area contributed by atoms with E-state index >= 15 is 0 Å². The molecule has 6 nitrogen and oxygen atoms in total. The predicted octanol–water partition coefficient (Wildman–Crippen LogP) is 2.67. The van der Waals surface area contributed by atoms with Crippen LogP contribution in [0.4, 0.5) is 0 Å². The van der Waals surface area contributed by atoms with Crippen LogP contribution in [-0.2, 0) is 6.54 Å². The summed E-state index contributed by atoms with van der Waals surface area (Å²) in [6.45, 7) is 4.79. The van der Waals surface area contributed by atoms with Crippen LogP contribution < -0.4 is 0 Å². The van der Waals surface area contributed by atoms with E-state index in [4.69, 9.17) is 0 Å². The average molecular weight is 368 g/mol. The molecular weight excluding hydrogens is 340 g/mol. The Bertz CT molecular complexity index is 812. The van der Waals surface area contributed by atoms with Gasteiger partial charge in [0, 0.05) is 55.6 Å². The van der Waals surface area contributed by atoms with Crippen molar-refractivity contribution >= 4 is 11.7 Å². The minimum Gasteiger partial charge on any atom is -0.338 e. The third-order valence-corrected chi connectivity index (χ3v) is 5.13. The van der Waals surface area contributed by atoms with Crippen LogP contribution in [0.15, 0.2) is 36.7 Å². The third-order valence-electron chi connectivity index (χ3n) is 5.13. The second-order valence-corrected chi connectivity index (χ2v) is 7.51. The molecule has 0 bridgehead atoms.